The highest BCUT2D eigenvalue weighted by molar-refractivity contribution is 9.10. The minimum atomic E-state index is -3.68. The van der Waals surface area contributed by atoms with Gasteiger partial charge < -0.3 is 0 Å². The zero-order chi connectivity index (χ0) is 16.2. The van der Waals surface area contributed by atoms with E-state index in [0.717, 1.165) is 10.0 Å². The number of hydrazone groups is 1. The van der Waals surface area contributed by atoms with Crippen LogP contribution < -0.4 is 4.83 Å². The second-order valence-electron chi connectivity index (χ2n) is 4.47. The highest BCUT2D eigenvalue weighted by Crippen LogP contribution is 2.15. The van der Waals surface area contributed by atoms with Crippen LogP contribution in [0.15, 0.2) is 63.0 Å². The van der Waals surface area contributed by atoms with E-state index < -0.39 is 10.0 Å². The lowest BCUT2D eigenvalue weighted by molar-refractivity contribution is 0.584. The first-order valence-corrected chi connectivity index (χ1v) is 9.17. The van der Waals surface area contributed by atoms with Gasteiger partial charge in [0.05, 0.1) is 10.6 Å². The largest absolute Gasteiger partial charge is 0.276 e. The van der Waals surface area contributed by atoms with E-state index in [1.807, 2.05) is 6.92 Å². The van der Waals surface area contributed by atoms with Crippen molar-refractivity contribution in [3.05, 3.63) is 63.6 Å². The van der Waals surface area contributed by atoms with Crippen molar-refractivity contribution in [3.63, 3.8) is 0 Å². The van der Waals surface area contributed by atoms with Gasteiger partial charge in [0.2, 0.25) is 0 Å². The number of nitrogens with zero attached hydrogens (tertiary/aromatic N) is 1. The summed E-state index contributed by atoms with van der Waals surface area (Å²) in [4.78, 5) is 2.43. The molecule has 0 spiro atoms. The number of nitrogens with one attached hydrogen (secondary N) is 1. The maximum Gasteiger partial charge on any atom is 0.276 e. The van der Waals surface area contributed by atoms with Crippen molar-refractivity contribution in [1.29, 1.82) is 0 Å². The molecule has 0 unspecified atom stereocenters. The van der Waals surface area contributed by atoms with Crippen LogP contribution in [0.25, 0.3) is 0 Å². The van der Waals surface area contributed by atoms with Crippen molar-refractivity contribution in [2.75, 3.05) is 0 Å². The minimum Gasteiger partial charge on any atom is -0.200 e. The van der Waals surface area contributed by atoms with E-state index in [-0.39, 0.29) is 4.90 Å². The molecule has 2 aromatic rings. The first-order chi connectivity index (χ1) is 10.4. The van der Waals surface area contributed by atoms with Crippen LogP contribution in [0.3, 0.4) is 0 Å². The third-order valence-corrected chi connectivity index (χ3v) is 4.94. The van der Waals surface area contributed by atoms with Gasteiger partial charge in [0.15, 0.2) is 0 Å². The monoisotopic (exact) mass is 400 g/mol. The van der Waals surface area contributed by atoms with E-state index in [2.05, 4.69) is 25.9 Å². The van der Waals surface area contributed by atoms with Crippen LogP contribution in [-0.2, 0) is 10.0 Å². The fourth-order valence-electron chi connectivity index (χ4n) is 1.77. The van der Waals surface area contributed by atoms with E-state index in [1.54, 1.807) is 36.4 Å². The molecule has 0 aliphatic rings. The van der Waals surface area contributed by atoms with Gasteiger partial charge in [-0.1, -0.05) is 46.6 Å². The predicted molar refractivity (Wildman–Crippen MR) is 92.7 cm³/mol. The average molecular weight is 402 g/mol. The van der Waals surface area contributed by atoms with Gasteiger partial charge in [-0.05, 0) is 48.4 Å². The zero-order valence-corrected chi connectivity index (χ0v) is 14.9. The molecule has 2 aromatic carbocycles. The van der Waals surface area contributed by atoms with Gasteiger partial charge >= 0.3 is 0 Å². The number of rotatable bonds is 5. The molecule has 0 aliphatic carbocycles. The van der Waals surface area contributed by atoms with Crippen molar-refractivity contribution in [2.24, 2.45) is 5.10 Å². The lowest BCUT2D eigenvalue weighted by atomic mass is 10.1. The average Bonchev–Trinajstić information content (AvgIpc) is 2.50. The first-order valence-electron chi connectivity index (χ1n) is 6.52. The Kier molecular flexibility index (Phi) is 5.61. The van der Waals surface area contributed by atoms with Gasteiger partial charge in [-0.2, -0.15) is 18.4 Å². The fourth-order valence-corrected chi connectivity index (χ4v) is 2.99. The topological polar surface area (TPSA) is 58.5 Å². The van der Waals surface area contributed by atoms with Crippen LogP contribution in [0, 0.1) is 0 Å². The maximum absolute atomic E-state index is 12.2. The second kappa shape index (κ2) is 7.26. The van der Waals surface area contributed by atoms with Gasteiger partial charge in [0.1, 0.15) is 0 Å². The maximum atomic E-state index is 12.2. The number of halogens is 2. The van der Waals surface area contributed by atoms with Gasteiger partial charge in [-0.15, -0.1) is 0 Å². The van der Waals surface area contributed by atoms with E-state index in [9.17, 15) is 8.42 Å². The molecule has 0 amide bonds. The molecule has 0 saturated heterocycles. The molecule has 116 valence electrons. The Bertz CT molecular complexity index is 772. The Morgan fingerprint density at radius 3 is 2.27 bits per heavy atom. The number of hydrogen-bond donors (Lipinski definition) is 1. The quantitative estimate of drug-likeness (QED) is 0.603. The summed E-state index contributed by atoms with van der Waals surface area (Å²) in [7, 11) is -3.68. The normalized spacial score (nSPS) is 12.2. The number of sulfonamides is 1. The molecule has 0 fully saturated rings. The molecule has 7 heteroatoms. The third kappa shape index (κ3) is 4.32. The number of benzene rings is 2. The van der Waals surface area contributed by atoms with Gasteiger partial charge in [0, 0.05) is 9.50 Å². The Labute approximate surface area is 143 Å². The molecule has 0 aliphatic heterocycles. The van der Waals surface area contributed by atoms with Crippen molar-refractivity contribution in [1.82, 2.24) is 4.83 Å². The van der Waals surface area contributed by atoms with Crippen molar-refractivity contribution in [2.45, 2.75) is 18.2 Å². The molecular formula is C15H14BrClN2O2S. The molecule has 22 heavy (non-hydrogen) atoms. The van der Waals surface area contributed by atoms with Crippen molar-refractivity contribution >= 4 is 43.3 Å². The molecule has 0 saturated carbocycles. The molecule has 1 N–H and O–H groups in total. The zero-order valence-electron chi connectivity index (χ0n) is 11.8. The van der Waals surface area contributed by atoms with Gasteiger partial charge in [-0.25, -0.2) is 0 Å². The van der Waals surface area contributed by atoms with Crippen molar-refractivity contribution in [3.8, 4) is 0 Å². The second-order valence-corrected chi connectivity index (χ2v) is 7.48. The van der Waals surface area contributed by atoms with Crippen LogP contribution in [-0.4, -0.2) is 14.1 Å². The Morgan fingerprint density at radius 1 is 1.14 bits per heavy atom. The van der Waals surface area contributed by atoms with Crippen molar-refractivity contribution < 1.29 is 8.42 Å². The Morgan fingerprint density at radius 2 is 1.73 bits per heavy atom. The lowest BCUT2D eigenvalue weighted by Gasteiger charge is -2.07. The van der Waals surface area contributed by atoms with E-state index in [4.69, 9.17) is 11.6 Å². The van der Waals surface area contributed by atoms with Gasteiger partial charge in [-0.3, -0.25) is 0 Å². The summed E-state index contributed by atoms with van der Waals surface area (Å²) >= 11 is 9.12. The standard InChI is InChI=1S/C15H14BrClN2O2S/c1-2-15(11-3-7-13(17)8-4-11)18-19-22(20,21)14-9-5-12(16)6-10-14/h3-10,19H,2H2,1H3. The fraction of sp³-hybridized carbons (Fsp3) is 0.133. The molecule has 0 aromatic heterocycles. The SMILES string of the molecule is CCC(=NNS(=O)(=O)c1ccc(Br)cc1)c1ccc(Cl)cc1. The molecule has 4 nitrogen and oxygen atoms in total. The predicted octanol–water partition coefficient (Wildman–Crippen LogP) is 4.20. The Hall–Kier alpha value is -1.37. The highest BCUT2D eigenvalue weighted by atomic mass is 79.9. The minimum absolute atomic E-state index is 0.158. The summed E-state index contributed by atoms with van der Waals surface area (Å²) in [5.74, 6) is 0. The molecule has 0 bridgehead atoms. The summed E-state index contributed by atoms with van der Waals surface area (Å²) in [6.07, 6.45) is 0.588. The molecule has 0 atom stereocenters. The summed E-state index contributed by atoms with van der Waals surface area (Å²) in [5.41, 5.74) is 1.46. The molecular weight excluding hydrogens is 388 g/mol. The van der Waals surface area contributed by atoms with Crippen LogP contribution in [0.5, 0.6) is 0 Å². The van der Waals surface area contributed by atoms with Gasteiger partial charge in [0.25, 0.3) is 10.0 Å². The molecule has 0 radical (unpaired) electrons. The smallest absolute Gasteiger partial charge is 0.200 e. The van der Waals surface area contributed by atoms with Crippen LogP contribution in [0.1, 0.15) is 18.9 Å². The van der Waals surface area contributed by atoms with E-state index >= 15 is 0 Å². The van der Waals surface area contributed by atoms with E-state index in [0.29, 0.717) is 17.2 Å². The third-order valence-electron chi connectivity index (χ3n) is 2.94. The van der Waals surface area contributed by atoms with Crippen LogP contribution >= 0.6 is 27.5 Å². The molecule has 2 rings (SSSR count). The highest BCUT2D eigenvalue weighted by Gasteiger charge is 2.13. The summed E-state index contributed by atoms with van der Waals surface area (Å²) < 4.78 is 25.2. The summed E-state index contributed by atoms with van der Waals surface area (Å²) in [6.45, 7) is 1.90. The summed E-state index contributed by atoms with van der Waals surface area (Å²) in [6, 6.07) is 13.4. The van der Waals surface area contributed by atoms with Crippen LogP contribution in [0.2, 0.25) is 5.02 Å². The molecule has 0 heterocycles. The lowest BCUT2D eigenvalue weighted by Crippen LogP contribution is -2.20. The first kappa shape index (κ1) is 17.0. The Balaban J connectivity index is 2.24. The number of hydrogen-bond acceptors (Lipinski definition) is 3. The van der Waals surface area contributed by atoms with Crippen LogP contribution in [0.4, 0.5) is 0 Å². The van der Waals surface area contributed by atoms with E-state index in [1.165, 1.54) is 12.1 Å². The summed E-state index contributed by atoms with van der Waals surface area (Å²) in [5, 5.41) is 4.66.